The van der Waals surface area contributed by atoms with E-state index in [1.165, 1.54) is 44.2 Å². The minimum absolute atomic E-state index is 0.972. The molecule has 0 aliphatic rings. The number of aliphatic carboxylic acids is 1. The molecule has 18 heavy (non-hydrogen) atoms. The first-order valence-corrected chi connectivity index (χ1v) is 6.69. The SMILES string of the molecule is CC(=O)[O-].CCCCCCC[n+]1cccc(C)c1. The summed E-state index contributed by atoms with van der Waals surface area (Å²) in [6.07, 6.45) is 11.2. The van der Waals surface area contributed by atoms with E-state index in [-0.39, 0.29) is 0 Å². The van der Waals surface area contributed by atoms with Gasteiger partial charge in [-0.1, -0.05) is 26.2 Å². The van der Waals surface area contributed by atoms with Crippen molar-refractivity contribution >= 4 is 5.97 Å². The smallest absolute Gasteiger partial charge is 0.171 e. The molecule has 0 aliphatic carbocycles. The molecule has 0 aromatic carbocycles. The fourth-order valence-corrected chi connectivity index (χ4v) is 1.69. The number of carboxylic acid groups (broad SMARTS) is 1. The Morgan fingerprint density at radius 1 is 1.28 bits per heavy atom. The van der Waals surface area contributed by atoms with Gasteiger partial charge < -0.3 is 9.90 Å². The van der Waals surface area contributed by atoms with Crippen LogP contribution in [0.5, 0.6) is 0 Å². The lowest BCUT2D eigenvalue weighted by molar-refractivity contribution is -0.697. The molecule has 1 aromatic heterocycles. The highest BCUT2D eigenvalue weighted by Crippen LogP contribution is 2.02. The number of hydrogen-bond donors (Lipinski definition) is 0. The van der Waals surface area contributed by atoms with Gasteiger partial charge in [0.15, 0.2) is 12.4 Å². The summed E-state index contributed by atoms with van der Waals surface area (Å²) in [5.74, 6) is -1.08. The van der Waals surface area contributed by atoms with Crippen LogP contribution in [0.1, 0.15) is 51.5 Å². The van der Waals surface area contributed by atoms with E-state index in [9.17, 15) is 0 Å². The quantitative estimate of drug-likeness (QED) is 0.573. The van der Waals surface area contributed by atoms with E-state index >= 15 is 0 Å². The Morgan fingerprint density at radius 2 is 1.89 bits per heavy atom. The Labute approximate surface area is 110 Å². The van der Waals surface area contributed by atoms with E-state index < -0.39 is 5.97 Å². The number of carbonyl (C=O) groups is 1. The first-order chi connectivity index (χ1) is 8.56. The van der Waals surface area contributed by atoms with Gasteiger partial charge in [-0.05, 0) is 26.3 Å². The number of aryl methyl sites for hydroxylation is 2. The standard InChI is InChI=1S/C13H22N.C2H4O2/c1-3-4-5-6-7-10-14-11-8-9-13(2)12-14;1-2(3)4/h8-9,11-12H,3-7,10H2,1-2H3;1H3,(H,3,4)/q+1;/p-1. The Balaban J connectivity index is 0.000000631. The zero-order chi connectivity index (χ0) is 13.8. The lowest BCUT2D eigenvalue weighted by atomic mass is 10.1. The van der Waals surface area contributed by atoms with Gasteiger partial charge >= 0.3 is 0 Å². The van der Waals surface area contributed by atoms with E-state index in [2.05, 4.69) is 42.9 Å². The van der Waals surface area contributed by atoms with Crippen LogP contribution in [0, 0.1) is 6.92 Å². The van der Waals surface area contributed by atoms with Crippen LogP contribution in [0.15, 0.2) is 24.5 Å². The predicted molar refractivity (Wildman–Crippen MR) is 70.8 cm³/mol. The van der Waals surface area contributed by atoms with Gasteiger partial charge in [-0.15, -0.1) is 0 Å². The third-order valence-electron chi connectivity index (χ3n) is 2.53. The molecule has 0 fully saturated rings. The van der Waals surface area contributed by atoms with Crippen molar-refractivity contribution in [2.45, 2.75) is 59.4 Å². The molecule has 102 valence electrons. The van der Waals surface area contributed by atoms with Crippen LogP contribution in [-0.2, 0) is 11.3 Å². The van der Waals surface area contributed by atoms with Crippen molar-refractivity contribution in [1.29, 1.82) is 0 Å². The molecular weight excluding hydrogens is 226 g/mol. The van der Waals surface area contributed by atoms with Gasteiger partial charge in [-0.25, -0.2) is 4.57 Å². The van der Waals surface area contributed by atoms with Crippen molar-refractivity contribution in [2.75, 3.05) is 0 Å². The Hall–Kier alpha value is -1.38. The Bertz CT molecular complexity index is 333. The molecule has 0 saturated heterocycles. The highest BCUT2D eigenvalue weighted by molar-refractivity contribution is 5.60. The van der Waals surface area contributed by atoms with Crippen LogP contribution in [0.2, 0.25) is 0 Å². The molecule has 0 bridgehead atoms. The largest absolute Gasteiger partial charge is 0.550 e. The van der Waals surface area contributed by atoms with Crippen LogP contribution in [-0.4, -0.2) is 5.97 Å². The van der Waals surface area contributed by atoms with Gasteiger partial charge in [-0.3, -0.25) is 0 Å². The number of rotatable bonds is 6. The van der Waals surface area contributed by atoms with Gasteiger partial charge in [0, 0.05) is 24.0 Å². The zero-order valence-electron chi connectivity index (χ0n) is 11.8. The van der Waals surface area contributed by atoms with Crippen molar-refractivity contribution in [3.05, 3.63) is 30.1 Å². The highest BCUT2D eigenvalue weighted by atomic mass is 16.4. The van der Waals surface area contributed by atoms with Gasteiger partial charge in [0.25, 0.3) is 0 Å². The maximum absolute atomic E-state index is 8.89. The zero-order valence-corrected chi connectivity index (χ0v) is 11.8. The van der Waals surface area contributed by atoms with E-state index in [0.29, 0.717) is 0 Å². The molecule has 1 rings (SSSR count). The fourth-order valence-electron chi connectivity index (χ4n) is 1.69. The topological polar surface area (TPSA) is 44.0 Å². The fraction of sp³-hybridized carbons (Fsp3) is 0.600. The number of aromatic nitrogens is 1. The molecule has 0 unspecified atom stereocenters. The lowest BCUT2D eigenvalue weighted by Crippen LogP contribution is -2.32. The molecule has 0 amide bonds. The summed E-state index contributed by atoms with van der Waals surface area (Å²) in [6.45, 7) is 6.55. The van der Waals surface area contributed by atoms with Gasteiger partial charge in [-0.2, -0.15) is 0 Å². The summed E-state index contributed by atoms with van der Waals surface area (Å²) in [6, 6.07) is 4.27. The first-order valence-electron chi connectivity index (χ1n) is 6.69. The molecule has 0 atom stereocenters. The molecule has 1 heterocycles. The third kappa shape index (κ3) is 11.1. The summed E-state index contributed by atoms with van der Waals surface area (Å²) in [7, 11) is 0. The van der Waals surface area contributed by atoms with E-state index in [4.69, 9.17) is 9.90 Å². The lowest BCUT2D eigenvalue weighted by Gasteiger charge is -1.98. The average molecular weight is 251 g/mol. The molecule has 0 radical (unpaired) electrons. The number of carbonyl (C=O) groups excluding carboxylic acids is 1. The monoisotopic (exact) mass is 251 g/mol. The average Bonchev–Trinajstić information content (AvgIpc) is 2.28. The van der Waals surface area contributed by atoms with Crippen molar-refractivity contribution in [2.24, 2.45) is 0 Å². The summed E-state index contributed by atoms with van der Waals surface area (Å²) < 4.78 is 2.29. The van der Waals surface area contributed by atoms with Crippen molar-refractivity contribution in [3.8, 4) is 0 Å². The molecule has 1 aromatic rings. The van der Waals surface area contributed by atoms with Crippen molar-refractivity contribution in [3.63, 3.8) is 0 Å². The van der Waals surface area contributed by atoms with Gasteiger partial charge in [0.1, 0.15) is 6.54 Å². The summed E-state index contributed by atoms with van der Waals surface area (Å²) >= 11 is 0. The second kappa shape index (κ2) is 10.8. The number of unbranched alkanes of at least 4 members (excludes halogenated alkanes) is 4. The van der Waals surface area contributed by atoms with E-state index in [1.54, 1.807) is 0 Å². The number of nitrogens with zero attached hydrogens (tertiary/aromatic N) is 1. The summed E-state index contributed by atoms with van der Waals surface area (Å²) in [5.41, 5.74) is 1.35. The third-order valence-corrected chi connectivity index (χ3v) is 2.53. The van der Waals surface area contributed by atoms with E-state index in [0.717, 1.165) is 6.92 Å². The maximum atomic E-state index is 8.89. The Kier molecular flexibility index (Phi) is 9.93. The normalized spacial score (nSPS) is 9.50. The predicted octanol–water partition coefficient (Wildman–Crippen LogP) is 2.01. The van der Waals surface area contributed by atoms with Crippen LogP contribution in [0.25, 0.3) is 0 Å². The second-order valence-electron chi connectivity index (χ2n) is 4.52. The molecule has 3 heteroatoms. The van der Waals surface area contributed by atoms with Crippen LogP contribution >= 0.6 is 0 Å². The van der Waals surface area contributed by atoms with Crippen LogP contribution in [0.3, 0.4) is 0 Å². The number of hydrogen-bond acceptors (Lipinski definition) is 2. The first kappa shape index (κ1) is 16.6. The highest BCUT2D eigenvalue weighted by Gasteiger charge is 1.99. The van der Waals surface area contributed by atoms with Crippen molar-refractivity contribution < 1.29 is 14.5 Å². The second-order valence-corrected chi connectivity index (χ2v) is 4.52. The van der Waals surface area contributed by atoms with Gasteiger partial charge in [0.05, 0.1) is 0 Å². The maximum Gasteiger partial charge on any atom is 0.171 e. The molecule has 0 aliphatic heterocycles. The summed E-state index contributed by atoms with van der Waals surface area (Å²) in [4.78, 5) is 8.89. The minimum Gasteiger partial charge on any atom is -0.550 e. The number of carboxylic acids is 1. The molecule has 3 nitrogen and oxygen atoms in total. The number of pyridine rings is 1. The van der Waals surface area contributed by atoms with Crippen LogP contribution < -0.4 is 9.67 Å². The minimum atomic E-state index is -1.08. The van der Waals surface area contributed by atoms with Crippen molar-refractivity contribution in [1.82, 2.24) is 0 Å². The summed E-state index contributed by atoms with van der Waals surface area (Å²) in [5, 5.41) is 8.89. The molecule has 0 spiro atoms. The molecule has 0 saturated carbocycles. The van der Waals surface area contributed by atoms with E-state index in [1.807, 2.05) is 0 Å². The molecular formula is C15H25NO2. The Morgan fingerprint density at radius 3 is 2.44 bits per heavy atom. The van der Waals surface area contributed by atoms with Crippen LogP contribution in [0.4, 0.5) is 0 Å². The molecule has 0 N–H and O–H groups in total. The van der Waals surface area contributed by atoms with Gasteiger partial charge in [0.2, 0.25) is 0 Å².